The molecule has 0 unspecified atom stereocenters. The number of hydrogen-bond acceptors (Lipinski definition) is 2. The summed E-state index contributed by atoms with van der Waals surface area (Å²) < 4.78 is 5.79. The summed E-state index contributed by atoms with van der Waals surface area (Å²) in [5.41, 5.74) is 0. The first-order valence-electron chi connectivity index (χ1n) is 9.94. The molecule has 0 spiro atoms. The van der Waals surface area contributed by atoms with Crippen LogP contribution in [-0.4, -0.2) is 57.8 Å². The van der Waals surface area contributed by atoms with Gasteiger partial charge in [-0.1, -0.05) is 37.5 Å². The van der Waals surface area contributed by atoms with Crippen molar-refractivity contribution in [2.45, 2.75) is 38.1 Å². The molecule has 1 saturated heterocycles. The van der Waals surface area contributed by atoms with Crippen LogP contribution in [0.25, 0.3) is 0 Å². The maximum Gasteiger partial charge on any atom is 0.275 e. The van der Waals surface area contributed by atoms with Crippen molar-refractivity contribution in [2.24, 2.45) is 0 Å². The molecule has 0 aromatic heterocycles. The Morgan fingerprint density at radius 3 is 2.40 bits per heavy atom. The van der Waals surface area contributed by atoms with E-state index in [1.165, 1.54) is 37.0 Å². The number of rotatable bonds is 7. The van der Waals surface area contributed by atoms with E-state index in [1.807, 2.05) is 30.3 Å². The van der Waals surface area contributed by atoms with E-state index in [9.17, 15) is 4.79 Å². The zero-order chi connectivity index (χ0) is 17.3. The van der Waals surface area contributed by atoms with E-state index in [4.69, 9.17) is 4.74 Å². The smallest absolute Gasteiger partial charge is 0.275 e. The fraction of sp³-hybridized carbons (Fsp3) is 0.650. The first-order chi connectivity index (χ1) is 12.3. The summed E-state index contributed by atoms with van der Waals surface area (Å²) in [4.78, 5) is 15.3. The van der Waals surface area contributed by atoms with Gasteiger partial charge in [0.25, 0.3) is 5.91 Å². The van der Waals surface area contributed by atoms with Crippen LogP contribution in [0.5, 0.6) is 5.75 Å². The van der Waals surface area contributed by atoms with Gasteiger partial charge in [0.1, 0.15) is 45.1 Å². The fourth-order valence-corrected chi connectivity index (χ4v) is 3.97. The lowest BCUT2D eigenvalue weighted by atomic mass is 9.95. The van der Waals surface area contributed by atoms with E-state index >= 15 is 0 Å². The van der Waals surface area contributed by atoms with Crippen molar-refractivity contribution in [3.63, 3.8) is 0 Å². The molecule has 0 bridgehead atoms. The van der Waals surface area contributed by atoms with Gasteiger partial charge in [0, 0.05) is 6.04 Å². The van der Waals surface area contributed by atoms with Crippen molar-refractivity contribution >= 4 is 5.91 Å². The highest BCUT2D eigenvalue weighted by Crippen LogP contribution is 2.16. The van der Waals surface area contributed by atoms with Crippen LogP contribution in [0.2, 0.25) is 0 Å². The Morgan fingerprint density at radius 2 is 1.68 bits per heavy atom. The minimum atomic E-state index is 0.248. The monoisotopic (exact) mass is 347 g/mol. The number of para-hydroxylation sites is 1. The summed E-state index contributed by atoms with van der Waals surface area (Å²) in [5.74, 6) is 1.20. The first-order valence-corrected chi connectivity index (χ1v) is 9.94. The Labute approximate surface area is 151 Å². The molecule has 1 aromatic carbocycles. The largest absolute Gasteiger partial charge is 0.488 e. The Bertz CT molecular complexity index is 509. The van der Waals surface area contributed by atoms with E-state index in [1.54, 1.807) is 4.90 Å². The van der Waals surface area contributed by atoms with Crippen molar-refractivity contribution in [1.82, 2.24) is 5.32 Å². The molecule has 1 aliphatic heterocycles. The Balaban J connectivity index is 1.28. The topological polar surface area (TPSA) is 47.2 Å². The number of benzene rings is 1. The fourth-order valence-electron chi connectivity index (χ4n) is 3.97. The zero-order valence-electron chi connectivity index (χ0n) is 15.3. The van der Waals surface area contributed by atoms with Gasteiger partial charge in [-0.2, -0.15) is 0 Å². The van der Waals surface area contributed by atoms with Crippen LogP contribution in [0.1, 0.15) is 32.1 Å². The van der Waals surface area contributed by atoms with Gasteiger partial charge < -0.3 is 19.9 Å². The third-order valence-electron chi connectivity index (χ3n) is 5.51. The van der Waals surface area contributed by atoms with Crippen LogP contribution in [0, 0.1) is 0 Å². The number of carbonyl (C=O) groups is 1. The van der Waals surface area contributed by atoms with Crippen LogP contribution in [0.15, 0.2) is 30.3 Å². The Morgan fingerprint density at radius 1 is 1.00 bits per heavy atom. The summed E-state index contributed by atoms with van der Waals surface area (Å²) in [5, 5.41) is 3.24. The number of hydrogen-bond donors (Lipinski definition) is 3. The molecular formula is C20H33N3O2+2. The van der Waals surface area contributed by atoms with Crippen LogP contribution in [0.3, 0.4) is 0 Å². The summed E-state index contributed by atoms with van der Waals surface area (Å²) in [6.45, 7) is 6.86. The van der Waals surface area contributed by atoms with Crippen LogP contribution < -0.4 is 19.9 Å². The minimum absolute atomic E-state index is 0.248. The maximum absolute atomic E-state index is 12.2. The van der Waals surface area contributed by atoms with Crippen molar-refractivity contribution in [1.29, 1.82) is 0 Å². The van der Waals surface area contributed by atoms with Crippen LogP contribution in [0.4, 0.5) is 0 Å². The number of amides is 1. The molecule has 3 rings (SSSR count). The van der Waals surface area contributed by atoms with Crippen molar-refractivity contribution in [2.75, 3.05) is 45.9 Å². The molecule has 1 aromatic rings. The predicted octanol–water partition coefficient (Wildman–Crippen LogP) is -0.702. The van der Waals surface area contributed by atoms with Gasteiger partial charge >= 0.3 is 0 Å². The first kappa shape index (κ1) is 18.2. The van der Waals surface area contributed by atoms with E-state index in [0.29, 0.717) is 12.6 Å². The highest BCUT2D eigenvalue weighted by Gasteiger charge is 2.25. The second-order valence-electron chi connectivity index (χ2n) is 7.49. The molecule has 1 heterocycles. The van der Waals surface area contributed by atoms with Gasteiger partial charge in [-0.3, -0.25) is 4.79 Å². The molecule has 5 nitrogen and oxygen atoms in total. The average Bonchev–Trinajstić information content (AvgIpc) is 2.65. The van der Waals surface area contributed by atoms with E-state index < -0.39 is 0 Å². The number of piperazine rings is 1. The number of nitrogens with one attached hydrogen (secondary N) is 3. The standard InChI is InChI=1S/C20H31N3O2/c24-20(21-18-7-3-1-4-8-18)17-23-13-11-22(12-14-23)15-16-25-19-9-5-2-6-10-19/h2,5-6,9-10,18H,1,3-4,7-8,11-17H2,(H,21,24)/p+2. The molecule has 1 saturated carbocycles. The molecule has 0 atom stereocenters. The Hall–Kier alpha value is -1.59. The lowest BCUT2D eigenvalue weighted by molar-refractivity contribution is -1.01. The summed E-state index contributed by atoms with van der Waals surface area (Å²) in [7, 11) is 0. The number of ether oxygens (including phenoxy) is 1. The molecule has 2 fully saturated rings. The van der Waals surface area contributed by atoms with Crippen molar-refractivity contribution < 1.29 is 19.3 Å². The molecule has 5 heteroatoms. The normalized spacial score (nSPS) is 24.6. The number of quaternary nitrogens is 2. The average molecular weight is 348 g/mol. The lowest BCUT2D eigenvalue weighted by Crippen LogP contribution is -3.28. The maximum atomic E-state index is 12.2. The quantitative estimate of drug-likeness (QED) is 0.611. The SMILES string of the molecule is O=C(C[NH+]1CC[NH+](CCOc2ccccc2)CC1)NC1CCCCC1. The second kappa shape index (κ2) is 9.78. The highest BCUT2D eigenvalue weighted by atomic mass is 16.5. The highest BCUT2D eigenvalue weighted by molar-refractivity contribution is 5.77. The molecule has 2 aliphatic rings. The summed E-state index contributed by atoms with van der Waals surface area (Å²) in [6.07, 6.45) is 6.20. The van der Waals surface area contributed by atoms with Crippen LogP contribution >= 0.6 is 0 Å². The minimum Gasteiger partial charge on any atom is -0.488 e. The predicted molar refractivity (Wildman–Crippen MR) is 98.1 cm³/mol. The molecule has 1 aliphatic carbocycles. The molecule has 0 radical (unpaired) electrons. The second-order valence-corrected chi connectivity index (χ2v) is 7.49. The third-order valence-corrected chi connectivity index (χ3v) is 5.51. The molecule has 3 N–H and O–H groups in total. The molecule has 25 heavy (non-hydrogen) atoms. The Kier molecular flexibility index (Phi) is 7.12. The van der Waals surface area contributed by atoms with Gasteiger partial charge in [-0.05, 0) is 25.0 Å². The van der Waals surface area contributed by atoms with E-state index in [2.05, 4.69) is 5.32 Å². The molecular weight excluding hydrogens is 314 g/mol. The van der Waals surface area contributed by atoms with Gasteiger partial charge in [-0.15, -0.1) is 0 Å². The summed E-state index contributed by atoms with van der Waals surface area (Å²) in [6, 6.07) is 10.4. The van der Waals surface area contributed by atoms with E-state index in [-0.39, 0.29) is 5.91 Å². The van der Waals surface area contributed by atoms with Crippen molar-refractivity contribution in [3.05, 3.63) is 30.3 Å². The summed E-state index contributed by atoms with van der Waals surface area (Å²) >= 11 is 0. The van der Waals surface area contributed by atoms with Gasteiger partial charge in [0.15, 0.2) is 6.54 Å². The van der Waals surface area contributed by atoms with Gasteiger partial charge in [0.05, 0.1) is 0 Å². The van der Waals surface area contributed by atoms with Crippen LogP contribution in [-0.2, 0) is 4.79 Å². The van der Waals surface area contributed by atoms with Gasteiger partial charge in [-0.25, -0.2) is 0 Å². The van der Waals surface area contributed by atoms with E-state index in [0.717, 1.165) is 45.1 Å². The van der Waals surface area contributed by atoms with Gasteiger partial charge in [0.2, 0.25) is 0 Å². The zero-order valence-corrected chi connectivity index (χ0v) is 15.3. The lowest BCUT2D eigenvalue weighted by Gasteiger charge is -2.30. The molecule has 1 amide bonds. The molecule has 138 valence electrons. The van der Waals surface area contributed by atoms with Crippen molar-refractivity contribution in [3.8, 4) is 5.75 Å². The number of carbonyl (C=O) groups excluding carboxylic acids is 1. The third kappa shape index (κ3) is 6.33.